The highest BCUT2D eigenvalue weighted by molar-refractivity contribution is 6.00. The van der Waals surface area contributed by atoms with E-state index in [2.05, 4.69) is 15.0 Å². The first-order valence-corrected chi connectivity index (χ1v) is 3.94. The highest BCUT2D eigenvalue weighted by Crippen LogP contribution is 2.10. The summed E-state index contributed by atoms with van der Waals surface area (Å²) in [6.07, 6.45) is -0.702. The van der Waals surface area contributed by atoms with E-state index >= 15 is 0 Å². The Labute approximate surface area is 90.1 Å². The van der Waals surface area contributed by atoms with Crippen molar-refractivity contribution in [2.24, 2.45) is 0 Å². The number of rotatable bonds is 4. The molecule has 0 unspecified atom stereocenters. The quantitative estimate of drug-likeness (QED) is 0.711. The summed E-state index contributed by atoms with van der Waals surface area (Å²) in [6, 6.07) is 4.11. The highest BCUT2D eigenvalue weighted by Gasteiger charge is 2.08. The van der Waals surface area contributed by atoms with Gasteiger partial charge in [0.25, 0.3) is 0 Å². The van der Waals surface area contributed by atoms with E-state index in [0.717, 1.165) is 0 Å². The Morgan fingerprint density at radius 2 is 2.47 bits per heavy atom. The predicted molar refractivity (Wildman–Crippen MR) is 51.7 cm³/mol. The lowest BCUT2D eigenvalue weighted by Crippen LogP contribution is -2.16. The molecule has 80 valence electrons. The number of nitrogens with zero attached hydrogens (tertiary/aromatic N) is 1. The van der Waals surface area contributed by atoms with E-state index in [-0.39, 0.29) is 11.7 Å². The predicted octanol–water partition coefficient (Wildman–Crippen LogP) is 0.503. The third-order valence-electron chi connectivity index (χ3n) is 1.41. The molecule has 0 radical (unpaired) electrons. The first-order chi connectivity index (χ1) is 8.26. The maximum Gasteiger partial charge on any atom is 0.312 e. The molecule has 0 spiro atoms. The van der Waals surface area contributed by atoms with Crippen molar-refractivity contribution in [1.29, 1.82) is 0 Å². The van der Waals surface area contributed by atoms with Crippen LogP contribution in [0, 0.1) is 0 Å². The zero-order valence-electron chi connectivity index (χ0n) is 10.6. The molecule has 1 heterocycles. The van der Waals surface area contributed by atoms with Gasteiger partial charge in [-0.25, -0.2) is 0 Å². The van der Waals surface area contributed by atoms with E-state index in [1.165, 1.54) is 18.2 Å². The van der Waals surface area contributed by atoms with Crippen molar-refractivity contribution < 1.29 is 23.5 Å². The molecule has 0 fully saturated rings. The first-order valence-electron chi connectivity index (χ1n) is 5.44. The van der Waals surface area contributed by atoms with Crippen LogP contribution in [-0.4, -0.2) is 29.0 Å². The number of carboxylic acids is 1. The molecule has 0 atom stereocenters. The van der Waals surface area contributed by atoms with Crippen molar-refractivity contribution in [1.82, 2.24) is 4.98 Å². The number of carbonyl (C=O) groups is 2. The van der Waals surface area contributed by atoms with Crippen LogP contribution in [0.3, 0.4) is 0 Å². The summed E-state index contributed by atoms with van der Waals surface area (Å²) in [5.74, 6) is -2.21. The van der Waals surface area contributed by atoms with Gasteiger partial charge in [-0.15, -0.1) is 0 Å². The summed E-state index contributed by atoms with van der Waals surface area (Å²) < 4.78 is 25.2. The lowest BCUT2D eigenvalue weighted by atomic mass is 10.4. The van der Waals surface area contributed by atoms with Crippen LogP contribution in [0.5, 0.6) is 5.88 Å². The number of amides is 1. The molecule has 0 saturated carbocycles. The lowest BCUT2D eigenvalue weighted by molar-refractivity contribution is -0.139. The van der Waals surface area contributed by atoms with Crippen molar-refractivity contribution >= 4 is 17.7 Å². The first kappa shape index (κ1) is 7.22. The maximum atomic E-state index is 11.1. The van der Waals surface area contributed by atoms with Crippen LogP contribution in [-0.2, 0) is 9.59 Å². The van der Waals surface area contributed by atoms with Crippen LogP contribution in [0.25, 0.3) is 0 Å². The molecule has 0 bridgehead atoms. The van der Waals surface area contributed by atoms with Gasteiger partial charge in [0.05, 0.1) is 11.2 Å². The van der Waals surface area contributed by atoms with Crippen molar-refractivity contribution in [3.8, 4) is 5.88 Å². The molecule has 1 aromatic rings. The molecule has 1 aromatic heterocycles. The number of aromatic nitrogens is 1. The molecule has 15 heavy (non-hydrogen) atoms. The molecule has 6 heteroatoms. The Bertz CT molecular complexity index is 461. The summed E-state index contributed by atoms with van der Waals surface area (Å²) in [7, 11) is -2.64. The second kappa shape index (κ2) is 4.94. The largest absolute Gasteiger partial charge is 0.481 e. The minimum atomic E-state index is -2.64. The number of nitrogens with one attached hydrogen (secondary N) is 1. The van der Waals surface area contributed by atoms with Gasteiger partial charge < -0.3 is 15.2 Å². The molecule has 1 amide bonds. The number of anilines is 1. The molecule has 0 aliphatic carbocycles. The molecule has 2 N–H and O–H groups in total. The van der Waals surface area contributed by atoms with Gasteiger partial charge in [-0.05, 0) is 6.07 Å². The van der Waals surface area contributed by atoms with Gasteiger partial charge in [-0.1, -0.05) is 6.07 Å². The maximum absolute atomic E-state index is 11.1. The molecule has 0 aliphatic rings. The number of pyridine rings is 1. The number of hydrogen-bond acceptors (Lipinski definition) is 4. The number of aliphatic carboxylic acids is 1. The summed E-state index contributed by atoms with van der Waals surface area (Å²) >= 11 is 0. The lowest BCUT2D eigenvalue weighted by Gasteiger charge is -2.03. The molecule has 0 aromatic carbocycles. The van der Waals surface area contributed by atoms with E-state index < -0.39 is 25.3 Å². The monoisotopic (exact) mass is 213 g/mol. The summed E-state index contributed by atoms with van der Waals surface area (Å²) in [5.41, 5.74) is 0. The Hall–Kier alpha value is -2.11. The van der Waals surface area contributed by atoms with E-state index in [4.69, 9.17) is 9.22 Å². The fraction of sp³-hybridized carbons (Fsp3) is 0.222. The topological polar surface area (TPSA) is 88.5 Å². The van der Waals surface area contributed by atoms with Gasteiger partial charge in [0, 0.05) is 6.07 Å². The fourth-order valence-corrected chi connectivity index (χ4v) is 0.866. The van der Waals surface area contributed by atoms with Gasteiger partial charge in [0.2, 0.25) is 11.8 Å². The SMILES string of the molecule is [2H]C([2H])([2H])Oc1cccc(NC(=O)CC(=O)O)n1. The zero-order chi connectivity index (χ0) is 13.8. The second-order valence-corrected chi connectivity index (χ2v) is 2.58. The van der Waals surface area contributed by atoms with Gasteiger partial charge in [-0.3, -0.25) is 9.59 Å². The van der Waals surface area contributed by atoms with Gasteiger partial charge in [0.1, 0.15) is 12.2 Å². The molecule has 0 aliphatic heterocycles. The number of hydrogen-bond donors (Lipinski definition) is 2. The summed E-state index contributed by atoms with van der Waals surface area (Å²) in [4.78, 5) is 25.1. The Balaban J connectivity index is 2.70. The number of carbonyl (C=O) groups excluding carboxylic acids is 1. The van der Waals surface area contributed by atoms with Crippen LogP contribution < -0.4 is 10.1 Å². The Morgan fingerprint density at radius 1 is 1.67 bits per heavy atom. The molecular formula is C9H10N2O4. The standard InChI is InChI=1S/C9H10N2O4/c1-15-8-4-2-3-6(11-8)10-7(12)5-9(13)14/h2-4H,5H2,1H3,(H,13,14)(H,10,11,12)/i1D3. The smallest absolute Gasteiger partial charge is 0.312 e. The van der Waals surface area contributed by atoms with Crippen molar-refractivity contribution in [2.75, 3.05) is 12.4 Å². The average Bonchev–Trinajstić information content (AvgIpc) is 2.13. The number of carboxylic acid groups (broad SMARTS) is 1. The minimum absolute atomic E-state index is 0.0167. The zero-order valence-corrected chi connectivity index (χ0v) is 7.56. The van der Waals surface area contributed by atoms with Gasteiger partial charge in [-0.2, -0.15) is 4.98 Å². The Morgan fingerprint density at radius 3 is 3.13 bits per heavy atom. The van der Waals surface area contributed by atoms with Crippen LogP contribution in [0.2, 0.25) is 0 Å². The van der Waals surface area contributed by atoms with E-state index in [1.807, 2.05) is 0 Å². The van der Waals surface area contributed by atoms with Crippen LogP contribution >= 0.6 is 0 Å². The van der Waals surface area contributed by atoms with Crippen LogP contribution in [0.1, 0.15) is 10.5 Å². The van der Waals surface area contributed by atoms with Crippen LogP contribution in [0.4, 0.5) is 5.82 Å². The van der Waals surface area contributed by atoms with Crippen molar-refractivity contribution in [3.05, 3.63) is 18.2 Å². The third-order valence-corrected chi connectivity index (χ3v) is 1.41. The molecule has 0 saturated heterocycles. The van der Waals surface area contributed by atoms with E-state index in [1.54, 1.807) is 0 Å². The average molecular weight is 213 g/mol. The minimum Gasteiger partial charge on any atom is -0.481 e. The molecule has 1 rings (SSSR count). The fourth-order valence-electron chi connectivity index (χ4n) is 0.866. The molecule has 6 nitrogen and oxygen atoms in total. The molecular weight excluding hydrogens is 200 g/mol. The van der Waals surface area contributed by atoms with Gasteiger partial charge >= 0.3 is 5.97 Å². The number of ether oxygens (including phenoxy) is 1. The summed E-state index contributed by atoms with van der Waals surface area (Å²) in [5, 5.41) is 10.6. The van der Waals surface area contributed by atoms with E-state index in [0.29, 0.717) is 0 Å². The second-order valence-electron chi connectivity index (χ2n) is 2.58. The summed E-state index contributed by atoms with van der Waals surface area (Å²) in [6.45, 7) is 0. The third kappa shape index (κ3) is 3.63. The van der Waals surface area contributed by atoms with Crippen LogP contribution in [0.15, 0.2) is 18.2 Å². The van der Waals surface area contributed by atoms with Crippen molar-refractivity contribution in [2.45, 2.75) is 6.42 Å². The Kier molecular flexibility index (Phi) is 2.38. The normalized spacial score (nSPS) is 13.2. The highest BCUT2D eigenvalue weighted by atomic mass is 16.5. The van der Waals surface area contributed by atoms with Crippen molar-refractivity contribution in [3.63, 3.8) is 0 Å². The van der Waals surface area contributed by atoms with E-state index in [9.17, 15) is 9.59 Å². The van der Waals surface area contributed by atoms with Gasteiger partial charge in [0.15, 0.2) is 0 Å². The number of methoxy groups -OCH3 is 1.